The molecule has 1 aromatic heterocycles. The Balaban J connectivity index is 2.14. The van der Waals surface area contributed by atoms with Gasteiger partial charge in [0.1, 0.15) is 11.5 Å². The SMILES string of the molecule is CC1CN(C(=O)c2cccc(N)n2)CC(C)S1. The van der Waals surface area contributed by atoms with E-state index in [1.54, 1.807) is 18.2 Å². The van der Waals surface area contributed by atoms with Gasteiger partial charge in [-0.25, -0.2) is 4.98 Å². The highest BCUT2D eigenvalue weighted by Gasteiger charge is 2.27. The lowest BCUT2D eigenvalue weighted by Gasteiger charge is -2.34. The summed E-state index contributed by atoms with van der Waals surface area (Å²) < 4.78 is 0. The van der Waals surface area contributed by atoms with E-state index in [0.29, 0.717) is 22.0 Å². The van der Waals surface area contributed by atoms with Gasteiger partial charge in [0, 0.05) is 23.6 Å². The van der Waals surface area contributed by atoms with Gasteiger partial charge in [-0.15, -0.1) is 0 Å². The van der Waals surface area contributed by atoms with E-state index in [1.807, 2.05) is 16.7 Å². The summed E-state index contributed by atoms with van der Waals surface area (Å²) in [4.78, 5) is 18.2. The van der Waals surface area contributed by atoms with Gasteiger partial charge in [-0.2, -0.15) is 11.8 Å². The van der Waals surface area contributed by atoms with Crippen LogP contribution in [-0.2, 0) is 0 Å². The Hall–Kier alpha value is -1.23. The molecule has 1 aliphatic heterocycles. The Morgan fingerprint density at radius 1 is 1.41 bits per heavy atom. The third kappa shape index (κ3) is 2.91. The molecule has 1 aromatic rings. The van der Waals surface area contributed by atoms with Crippen LogP contribution in [0.15, 0.2) is 18.2 Å². The van der Waals surface area contributed by atoms with E-state index < -0.39 is 0 Å². The number of hydrogen-bond donors (Lipinski definition) is 1. The second-order valence-corrected chi connectivity index (χ2v) is 6.30. The van der Waals surface area contributed by atoms with Crippen molar-refractivity contribution >= 4 is 23.5 Å². The maximum Gasteiger partial charge on any atom is 0.272 e. The summed E-state index contributed by atoms with van der Waals surface area (Å²) >= 11 is 1.92. The molecule has 0 bridgehead atoms. The molecule has 1 fully saturated rings. The van der Waals surface area contributed by atoms with E-state index in [4.69, 9.17) is 5.73 Å². The Labute approximate surface area is 106 Å². The molecule has 2 heterocycles. The van der Waals surface area contributed by atoms with Crippen molar-refractivity contribution in [1.82, 2.24) is 9.88 Å². The summed E-state index contributed by atoms with van der Waals surface area (Å²) in [6, 6.07) is 5.17. The predicted octanol–water partition coefficient (Wildman–Crippen LogP) is 1.63. The van der Waals surface area contributed by atoms with E-state index in [0.717, 1.165) is 13.1 Å². The van der Waals surface area contributed by atoms with Gasteiger partial charge in [0.15, 0.2) is 0 Å². The van der Waals surface area contributed by atoms with Gasteiger partial charge in [-0.05, 0) is 12.1 Å². The molecule has 0 saturated carbocycles. The minimum absolute atomic E-state index is 0.0173. The average Bonchev–Trinajstić information content (AvgIpc) is 2.26. The van der Waals surface area contributed by atoms with E-state index in [9.17, 15) is 4.79 Å². The fourth-order valence-electron chi connectivity index (χ4n) is 2.08. The van der Waals surface area contributed by atoms with Crippen LogP contribution in [0.5, 0.6) is 0 Å². The number of hydrogen-bond acceptors (Lipinski definition) is 4. The smallest absolute Gasteiger partial charge is 0.272 e. The molecule has 5 heteroatoms. The highest BCUT2D eigenvalue weighted by atomic mass is 32.2. The summed E-state index contributed by atoms with van der Waals surface area (Å²) in [6.07, 6.45) is 0. The molecule has 1 amide bonds. The van der Waals surface area contributed by atoms with E-state index >= 15 is 0 Å². The number of thioether (sulfide) groups is 1. The molecule has 0 spiro atoms. The van der Waals surface area contributed by atoms with Crippen LogP contribution >= 0.6 is 11.8 Å². The molecule has 1 aliphatic rings. The lowest BCUT2D eigenvalue weighted by Crippen LogP contribution is -2.44. The molecule has 17 heavy (non-hydrogen) atoms. The number of nitrogens with two attached hydrogens (primary N) is 1. The van der Waals surface area contributed by atoms with Crippen LogP contribution in [0.4, 0.5) is 5.82 Å². The van der Waals surface area contributed by atoms with Gasteiger partial charge in [-0.3, -0.25) is 4.79 Å². The lowest BCUT2D eigenvalue weighted by molar-refractivity contribution is 0.0747. The molecule has 2 atom stereocenters. The monoisotopic (exact) mass is 251 g/mol. The predicted molar refractivity (Wildman–Crippen MR) is 71.1 cm³/mol. The lowest BCUT2D eigenvalue weighted by atomic mass is 10.2. The quantitative estimate of drug-likeness (QED) is 0.824. The topological polar surface area (TPSA) is 59.2 Å². The minimum Gasteiger partial charge on any atom is -0.384 e. The summed E-state index contributed by atoms with van der Waals surface area (Å²) in [6.45, 7) is 5.86. The molecule has 2 rings (SSSR count). The minimum atomic E-state index is -0.0173. The van der Waals surface area contributed by atoms with Crippen molar-refractivity contribution in [3.63, 3.8) is 0 Å². The maximum absolute atomic E-state index is 12.2. The number of aromatic nitrogens is 1. The zero-order valence-electron chi connectivity index (χ0n) is 10.1. The Morgan fingerprint density at radius 2 is 2.06 bits per heavy atom. The van der Waals surface area contributed by atoms with Crippen LogP contribution in [0.1, 0.15) is 24.3 Å². The number of nitrogens with zero attached hydrogens (tertiary/aromatic N) is 2. The normalized spacial score (nSPS) is 24.7. The average molecular weight is 251 g/mol. The van der Waals surface area contributed by atoms with E-state index in [1.165, 1.54) is 0 Å². The van der Waals surface area contributed by atoms with Gasteiger partial charge >= 0.3 is 0 Å². The van der Waals surface area contributed by atoms with Gasteiger partial charge < -0.3 is 10.6 Å². The first-order chi connectivity index (χ1) is 8.06. The summed E-state index contributed by atoms with van der Waals surface area (Å²) in [5, 5.41) is 0.951. The summed E-state index contributed by atoms with van der Waals surface area (Å²) in [5.41, 5.74) is 6.04. The third-order valence-corrected chi connectivity index (χ3v) is 3.92. The third-order valence-electron chi connectivity index (χ3n) is 2.70. The van der Waals surface area contributed by atoms with Crippen LogP contribution in [0.3, 0.4) is 0 Å². The number of carbonyl (C=O) groups excluding carboxylic acids is 1. The van der Waals surface area contributed by atoms with Gasteiger partial charge in [-0.1, -0.05) is 19.9 Å². The Bertz CT molecular complexity index is 414. The van der Waals surface area contributed by atoms with Crippen molar-refractivity contribution in [2.75, 3.05) is 18.8 Å². The molecular weight excluding hydrogens is 234 g/mol. The zero-order chi connectivity index (χ0) is 12.4. The van der Waals surface area contributed by atoms with Crippen LogP contribution in [0, 0.1) is 0 Å². The van der Waals surface area contributed by atoms with Gasteiger partial charge in [0.2, 0.25) is 0 Å². The molecule has 92 valence electrons. The molecule has 0 aliphatic carbocycles. The molecule has 2 unspecified atom stereocenters. The largest absolute Gasteiger partial charge is 0.384 e. The molecular formula is C12H17N3OS. The fourth-order valence-corrected chi connectivity index (χ4v) is 3.40. The van der Waals surface area contributed by atoms with E-state index in [2.05, 4.69) is 18.8 Å². The Kier molecular flexibility index (Phi) is 3.57. The van der Waals surface area contributed by atoms with Crippen molar-refractivity contribution in [3.05, 3.63) is 23.9 Å². The van der Waals surface area contributed by atoms with Crippen molar-refractivity contribution in [3.8, 4) is 0 Å². The van der Waals surface area contributed by atoms with Crippen LogP contribution in [0.25, 0.3) is 0 Å². The molecule has 0 aromatic carbocycles. The molecule has 2 N–H and O–H groups in total. The number of amides is 1. The van der Waals surface area contributed by atoms with Crippen molar-refractivity contribution < 1.29 is 4.79 Å². The second-order valence-electron chi connectivity index (χ2n) is 4.42. The van der Waals surface area contributed by atoms with Crippen LogP contribution < -0.4 is 5.73 Å². The summed E-state index contributed by atoms with van der Waals surface area (Å²) in [5.74, 6) is 0.375. The van der Waals surface area contributed by atoms with Crippen molar-refractivity contribution in [1.29, 1.82) is 0 Å². The van der Waals surface area contributed by atoms with Gasteiger partial charge in [0.05, 0.1) is 0 Å². The van der Waals surface area contributed by atoms with Gasteiger partial charge in [0.25, 0.3) is 5.91 Å². The molecule has 0 radical (unpaired) electrons. The number of rotatable bonds is 1. The number of carbonyl (C=O) groups is 1. The highest BCUT2D eigenvalue weighted by Crippen LogP contribution is 2.25. The number of anilines is 1. The number of nitrogen functional groups attached to an aromatic ring is 1. The molecule has 1 saturated heterocycles. The number of pyridine rings is 1. The van der Waals surface area contributed by atoms with Crippen LogP contribution in [-0.4, -0.2) is 39.4 Å². The first-order valence-electron chi connectivity index (χ1n) is 5.73. The van der Waals surface area contributed by atoms with Crippen molar-refractivity contribution in [2.45, 2.75) is 24.3 Å². The first kappa shape index (κ1) is 12.2. The standard InChI is InChI=1S/C12H17N3OS/c1-8-6-15(7-9(2)17-8)12(16)10-4-3-5-11(13)14-10/h3-5,8-9H,6-7H2,1-2H3,(H2,13,14). The molecule has 4 nitrogen and oxygen atoms in total. The first-order valence-corrected chi connectivity index (χ1v) is 6.68. The van der Waals surface area contributed by atoms with Crippen LogP contribution in [0.2, 0.25) is 0 Å². The maximum atomic E-state index is 12.2. The highest BCUT2D eigenvalue weighted by molar-refractivity contribution is 8.00. The summed E-state index contributed by atoms with van der Waals surface area (Å²) in [7, 11) is 0. The second kappa shape index (κ2) is 4.96. The fraction of sp³-hybridized carbons (Fsp3) is 0.500. The van der Waals surface area contributed by atoms with Crippen molar-refractivity contribution in [2.24, 2.45) is 0 Å². The van der Waals surface area contributed by atoms with E-state index in [-0.39, 0.29) is 5.91 Å². The Morgan fingerprint density at radius 3 is 2.65 bits per heavy atom. The zero-order valence-corrected chi connectivity index (χ0v) is 10.9.